The van der Waals surface area contributed by atoms with Gasteiger partial charge in [0.05, 0.1) is 12.6 Å². The maximum Gasteiger partial charge on any atom is 0.244 e. The van der Waals surface area contributed by atoms with Crippen molar-refractivity contribution in [3.63, 3.8) is 0 Å². The Balaban J connectivity index is 1.63. The molecule has 1 fully saturated rings. The zero-order chi connectivity index (χ0) is 17.6. The van der Waals surface area contributed by atoms with Gasteiger partial charge in [-0.3, -0.25) is 9.69 Å². The van der Waals surface area contributed by atoms with Crippen LogP contribution in [0.3, 0.4) is 0 Å². The first-order valence-electron chi connectivity index (χ1n) is 8.34. The summed E-state index contributed by atoms with van der Waals surface area (Å²) in [5.41, 5.74) is 0.917. The van der Waals surface area contributed by atoms with Crippen LogP contribution in [0.4, 0.5) is 4.39 Å². The van der Waals surface area contributed by atoms with Gasteiger partial charge in [-0.2, -0.15) is 4.98 Å². The van der Waals surface area contributed by atoms with Crippen molar-refractivity contribution in [2.24, 2.45) is 0 Å². The van der Waals surface area contributed by atoms with Crippen molar-refractivity contribution >= 4 is 5.91 Å². The SMILES string of the molecule is C=CCNC(=O)CN1CCC[C@@H]1c1nc(Cc2ccc(F)cc2)no1. The Hall–Kier alpha value is -2.54. The van der Waals surface area contributed by atoms with Gasteiger partial charge >= 0.3 is 0 Å². The van der Waals surface area contributed by atoms with Crippen molar-refractivity contribution in [2.75, 3.05) is 19.6 Å². The van der Waals surface area contributed by atoms with Gasteiger partial charge < -0.3 is 9.84 Å². The lowest BCUT2D eigenvalue weighted by Crippen LogP contribution is -2.37. The van der Waals surface area contributed by atoms with Gasteiger partial charge in [0.25, 0.3) is 0 Å². The molecule has 0 spiro atoms. The predicted octanol–water partition coefficient (Wildman–Crippen LogP) is 2.24. The van der Waals surface area contributed by atoms with Crippen LogP contribution < -0.4 is 5.32 Å². The van der Waals surface area contributed by atoms with Crippen LogP contribution in [-0.2, 0) is 11.2 Å². The Bertz CT molecular complexity index is 729. The van der Waals surface area contributed by atoms with Gasteiger partial charge in [-0.1, -0.05) is 23.4 Å². The molecule has 1 atom stereocenters. The Morgan fingerprint density at radius 1 is 1.44 bits per heavy atom. The van der Waals surface area contributed by atoms with Gasteiger partial charge in [-0.25, -0.2) is 4.39 Å². The van der Waals surface area contributed by atoms with Crippen LogP contribution in [0.15, 0.2) is 41.4 Å². The van der Waals surface area contributed by atoms with Crippen molar-refractivity contribution < 1.29 is 13.7 Å². The number of nitrogens with zero attached hydrogens (tertiary/aromatic N) is 3. The maximum atomic E-state index is 13.0. The summed E-state index contributed by atoms with van der Waals surface area (Å²) in [6.07, 6.45) is 4.00. The zero-order valence-electron chi connectivity index (χ0n) is 13.9. The molecule has 6 nitrogen and oxygen atoms in total. The van der Waals surface area contributed by atoms with E-state index in [4.69, 9.17) is 4.52 Å². The summed E-state index contributed by atoms with van der Waals surface area (Å²) < 4.78 is 18.4. The van der Waals surface area contributed by atoms with E-state index in [9.17, 15) is 9.18 Å². The molecule has 0 saturated carbocycles. The number of benzene rings is 1. The molecule has 1 aliphatic rings. The molecule has 132 valence electrons. The van der Waals surface area contributed by atoms with Crippen molar-refractivity contribution in [3.05, 3.63) is 60.0 Å². The number of carbonyl (C=O) groups is 1. The number of nitrogens with one attached hydrogen (secondary N) is 1. The summed E-state index contributed by atoms with van der Waals surface area (Å²) in [6, 6.07) is 6.20. The van der Waals surface area contributed by atoms with E-state index in [1.165, 1.54) is 12.1 Å². The predicted molar refractivity (Wildman–Crippen MR) is 90.3 cm³/mol. The third-order valence-corrected chi connectivity index (χ3v) is 4.20. The van der Waals surface area contributed by atoms with E-state index in [2.05, 4.69) is 22.0 Å². The van der Waals surface area contributed by atoms with Crippen LogP contribution in [0, 0.1) is 5.82 Å². The molecule has 7 heteroatoms. The van der Waals surface area contributed by atoms with E-state index >= 15 is 0 Å². The molecule has 0 aliphatic carbocycles. The molecular formula is C18H21FN4O2. The number of carbonyl (C=O) groups excluding carboxylic acids is 1. The summed E-state index contributed by atoms with van der Waals surface area (Å²) in [7, 11) is 0. The second-order valence-corrected chi connectivity index (χ2v) is 6.07. The zero-order valence-corrected chi connectivity index (χ0v) is 13.9. The smallest absolute Gasteiger partial charge is 0.244 e. The first-order valence-corrected chi connectivity index (χ1v) is 8.34. The number of likely N-dealkylation sites (tertiary alicyclic amines) is 1. The van der Waals surface area contributed by atoms with Gasteiger partial charge in [0, 0.05) is 13.0 Å². The topological polar surface area (TPSA) is 71.3 Å². The molecule has 1 N–H and O–H groups in total. The Morgan fingerprint density at radius 3 is 3.00 bits per heavy atom. The quantitative estimate of drug-likeness (QED) is 0.780. The highest BCUT2D eigenvalue weighted by Gasteiger charge is 2.31. The molecule has 2 aromatic rings. The van der Waals surface area contributed by atoms with Gasteiger partial charge in [0.2, 0.25) is 11.8 Å². The first-order chi connectivity index (χ1) is 12.2. The van der Waals surface area contributed by atoms with E-state index in [1.807, 2.05) is 4.90 Å². The molecule has 25 heavy (non-hydrogen) atoms. The minimum absolute atomic E-state index is 0.0380. The number of rotatable bonds is 7. The lowest BCUT2D eigenvalue weighted by Gasteiger charge is -2.20. The standard InChI is InChI=1S/C18H21FN4O2/c1-2-9-20-17(24)12-23-10-3-4-15(23)18-21-16(22-25-18)11-13-5-7-14(19)8-6-13/h2,5-8,15H,1,3-4,9-12H2,(H,20,24)/t15-/m1/s1. The van der Waals surface area contributed by atoms with E-state index in [1.54, 1.807) is 18.2 Å². The van der Waals surface area contributed by atoms with Gasteiger partial charge in [0.1, 0.15) is 5.82 Å². The highest BCUT2D eigenvalue weighted by Crippen LogP contribution is 2.30. The first kappa shape index (κ1) is 17.3. The average Bonchev–Trinajstić information content (AvgIpc) is 3.24. The van der Waals surface area contributed by atoms with Crippen molar-refractivity contribution in [2.45, 2.75) is 25.3 Å². The Kier molecular flexibility index (Phi) is 5.55. The molecule has 1 aromatic heterocycles. The molecule has 1 amide bonds. The number of amides is 1. The molecule has 1 aliphatic heterocycles. The third-order valence-electron chi connectivity index (χ3n) is 4.20. The van der Waals surface area contributed by atoms with Crippen LogP contribution in [0.5, 0.6) is 0 Å². The van der Waals surface area contributed by atoms with Gasteiger partial charge in [-0.05, 0) is 37.1 Å². The lowest BCUT2D eigenvalue weighted by molar-refractivity contribution is -0.122. The summed E-state index contributed by atoms with van der Waals surface area (Å²) in [5.74, 6) is 0.780. The van der Waals surface area contributed by atoms with E-state index in [0.29, 0.717) is 31.2 Å². The fourth-order valence-corrected chi connectivity index (χ4v) is 2.98. The lowest BCUT2D eigenvalue weighted by atomic mass is 10.1. The van der Waals surface area contributed by atoms with Crippen LogP contribution in [0.25, 0.3) is 0 Å². The van der Waals surface area contributed by atoms with E-state index < -0.39 is 0 Å². The second-order valence-electron chi connectivity index (χ2n) is 6.07. The maximum absolute atomic E-state index is 13.0. The number of aromatic nitrogens is 2. The fourth-order valence-electron chi connectivity index (χ4n) is 2.98. The van der Waals surface area contributed by atoms with Crippen molar-refractivity contribution in [1.82, 2.24) is 20.4 Å². The fraction of sp³-hybridized carbons (Fsp3) is 0.389. The summed E-state index contributed by atoms with van der Waals surface area (Å²) in [4.78, 5) is 18.4. The van der Waals surface area contributed by atoms with E-state index in [0.717, 1.165) is 24.9 Å². The van der Waals surface area contributed by atoms with E-state index in [-0.39, 0.29) is 17.8 Å². The molecule has 0 unspecified atom stereocenters. The van der Waals surface area contributed by atoms with Crippen LogP contribution >= 0.6 is 0 Å². The number of hydrogen-bond donors (Lipinski definition) is 1. The van der Waals surface area contributed by atoms with Crippen LogP contribution in [-0.4, -0.2) is 40.6 Å². The highest BCUT2D eigenvalue weighted by atomic mass is 19.1. The van der Waals surface area contributed by atoms with Crippen molar-refractivity contribution in [3.8, 4) is 0 Å². The molecule has 0 radical (unpaired) electrons. The molecule has 1 aromatic carbocycles. The molecule has 0 bridgehead atoms. The number of halogens is 1. The summed E-state index contributed by atoms with van der Waals surface area (Å²) >= 11 is 0. The number of hydrogen-bond acceptors (Lipinski definition) is 5. The molecular weight excluding hydrogens is 323 g/mol. The summed E-state index contributed by atoms with van der Waals surface area (Å²) in [6.45, 7) is 5.17. The minimum atomic E-state index is -0.270. The molecule has 1 saturated heterocycles. The second kappa shape index (κ2) is 8.02. The molecule has 2 heterocycles. The van der Waals surface area contributed by atoms with Crippen LogP contribution in [0.1, 0.15) is 36.2 Å². The monoisotopic (exact) mass is 344 g/mol. The molecule has 3 rings (SSSR count). The Labute approximate surface area is 145 Å². The minimum Gasteiger partial charge on any atom is -0.352 e. The van der Waals surface area contributed by atoms with Crippen molar-refractivity contribution in [1.29, 1.82) is 0 Å². The van der Waals surface area contributed by atoms with Gasteiger partial charge in [0.15, 0.2) is 5.82 Å². The Morgan fingerprint density at radius 2 is 2.24 bits per heavy atom. The largest absolute Gasteiger partial charge is 0.352 e. The van der Waals surface area contributed by atoms with Crippen LogP contribution in [0.2, 0.25) is 0 Å². The summed E-state index contributed by atoms with van der Waals surface area (Å²) in [5, 5.41) is 6.80. The van der Waals surface area contributed by atoms with Gasteiger partial charge in [-0.15, -0.1) is 6.58 Å². The average molecular weight is 344 g/mol. The highest BCUT2D eigenvalue weighted by molar-refractivity contribution is 5.78. The third kappa shape index (κ3) is 4.51. The normalized spacial score (nSPS) is 17.6.